The van der Waals surface area contributed by atoms with Gasteiger partial charge in [0, 0.05) is 13.0 Å². The molecule has 0 aromatic carbocycles. The Morgan fingerprint density at radius 3 is 2.33 bits per heavy atom. The van der Waals surface area contributed by atoms with Gasteiger partial charge in [-0.2, -0.15) is 0 Å². The van der Waals surface area contributed by atoms with E-state index in [1.807, 2.05) is 0 Å². The second-order valence-electron chi connectivity index (χ2n) is 4.44. The third-order valence-corrected chi connectivity index (χ3v) is 1.57. The third kappa shape index (κ3) is 7.58. The Balaban J connectivity index is 3.44. The van der Waals surface area contributed by atoms with Gasteiger partial charge >= 0.3 is 0 Å². The number of nitrogens with one attached hydrogen (secondary N) is 1. The maximum atomic E-state index is 11.1. The summed E-state index contributed by atoms with van der Waals surface area (Å²) in [5.41, 5.74) is 0.196. The highest BCUT2D eigenvalue weighted by atomic mass is 16.1. The molecule has 0 radical (unpaired) electrons. The molecule has 0 fully saturated rings. The van der Waals surface area contributed by atoms with Crippen molar-refractivity contribution in [2.24, 2.45) is 5.41 Å². The molecule has 0 bridgehead atoms. The molecular weight excluding hydrogens is 150 g/mol. The number of amides is 1. The average molecular weight is 171 g/mol. The fraction of sp³-hybridized carbons (Fsp3) is 0.900. The number of hydrogen-bond donors (Lipinski definition) is 1. The van der Waals surface area contributed by atoms with Crippen molar-refractivity contribution in [3.05, 3.63) is 0 Å². The smallest absolute Gasteiger partial charge is 0.220 e. The molecule has 2 heteroatoms. The summed E-state index contributed by atoms with van der Waals surface area (Å²) in [6.45, 7) is 9.22. The summed E-state index contributed by atoms with van der Waals surface area (Å²) in [6.07, 6.45) is 2.76. The number of carbonyl (C=O) groups is 1. The van der Waals surface area contributed by atoms with Crippen LogP contribution in [0, 0.1) is 5.41 Å². The summed E-state index contributed by atoms with van der Waals surface area (Å²) in [4.78, 5) is 11.1. The molecule has 0 saturated heterocycles. The predicted octanol–water partition coefficient (Wildman–Crippen LogP) is 2.34. The highest BCUT2D eigenvalue weighted by molar-refractivity contribution is 5.75. The molecule has 0 saturated carbocycles. The fourth-order valence-electron chi connectivity index (χ4n) is 0.789. The van der Waals surface area contributed by atoms with Crippen LogP contribution in [0.2, 0.25) is 0 Å². The molecule has 0 spiro atoms. The van der Waals surface area contributed by atoms with Crippen molar-refractivity contribution < 1.29 is 4.79 Å². The molecule has 0 atom stereocenters. The number of rotatable bonds is 4. The van der Waals surface area contributed by atoms with E-state index >= 15 is 0 Å². The van der Waals surface area contributed by atoms with E-state index in [4.69, 9.17) is 0 Å². The van der Waals surface area contributed by atoms with Crippen LogP contribution in [-0.4, -0.2) is 12.5 Å². The molecule has 1 N–H and O–H groups in total. The Hall–Kier alpha value is -0.530. The van der Waals surface area contributed by atoms with Gasteiger partial charge in [-0.15, -0.1) is 0 Å². The second-order valence-corrected chi connectivity index (χ2v) is 4.44. The summed E-state index contributed by atoms with van der Waals surface area (Å²) < 4.78 is 0. The van der Waals surface area contributed by atoms with E-state index in [9.17, 15) is 4.79 Å². The van der Waals surface area contributed by atoms with Gasteiger partial charge in [-0.05, 0) is 11.8 Å². The zero-order chi connectivity index (χ0) is 9.61. The second kappa shape index (κ2) is 5.18. The zero-order valence-electron chi connectivity index (χ0n) is 8.74. The summed E-state index contributed by atoms with van der Waals surface area (Å²) in [7, 11) is 0. The lowest BCUT2D eigenvalue weighted by atomic mass is 9.97. The Labute approximate surface area is 75.7 Å². The van der Waals surface area contributed by atoms with Crippen LogP contribution in [0.4, 0.5) is 0 Å². The number of hydrogen-bond acceptors (Lipinski definition) is 1. The fourth-order valence-corrected chi connectivity index (χ4v) is 0.789. The topological polar surface area (TPSA) is 29.1 Å². The molecule has 12 heavy (non-hydrogen) atoms. The monoisotopic (exact) mass is 171 g/mol. The van der Waals surface area contributed by atoms with Gasteiger partial charge in [0.15, 0.2) is 0 Å². The Kier molecular flexibility index (Phi) is 4.95. The molecule has 72 valence electrons. The minimum absolute atomic E-state index is 0.187. The highest BCUT2D eigenvalue weighted by Gasteiger charge is 2.10. The van der Waals surface area contributed by atoms with Crippen molar-refractivity contribution in [3.63, 3.8) is 0 Å². The number of carbonyl (C=O) groups excluding carboxylic acids is 1. The molecule has 0 aliphatic carbocycles. The minimum Gasteiger partial charge on any atom is -0.356 e. The standard InChI is InChI=1S/C10H21NO/c1-5-6-7-9(12)11-8-10(2,3)4/h5-8H2,1-4H3,(H,11,12). The van der Waals surface area contributed by atoms with Crippen LogP contribution in [0.1, 0.15) is 47.0 Å². The first kappa shape index (κ1) is 11.5. The summed E-state index contributed by atoms with van der Waals surface area (Å²) in [6, 6.07) is 0. The van der Waals surface area contributed by atoms with Gasteiger partial charge in [0.2, 0.25) is 5.91 Å². The van der Waals surface area contributed by atoms with Crippen LogP contribution < -0.4 is 5.32 Å². The quantitative estimate of drug-likeness (QED) is 0.691. The van der Waals surface area contributed by atoms with E-state index in [1.54, 1.807) is 0 Å². The van der Waals surface area contributed by atoms with Gasteiger partial charge < -0.3 is 5.32 Å². The molecule has 0 unspecified atom stereocenters. The minimum atomic E-state index is 0.187. The predicted molar refractivity (Wildman–Crippen MR) is 52.0 cm³/mol. The molecule has 0 rings (SSSR count). The van der Waals surface area contributed by atoms with E-state index in [0.29, 0.717) is 6.42 Å². The Morgan fingerprint density at radius 2 is 1.92 bits per heavy atom. The maximum absolute atomic E-state index is 11.1. The van der Waals surface area contributed by atoms with Gasteiger partial charge in [-0.1, -0.05) is 34.1 Å². The lowest BCUT2D eigenvalue weighted by Crippen LogP contribution is -2.31. The lowest BCUT2D eigenvalue weighted by molar-refractivity contribution is -0.121. The molecule has 2 nitrogen and oxygen atoms in total. The van der Waals surface area contributed by atoms with Gasteiger partial charge in [-0.3, -0.25) is 4.79 Å². The van der Waals surface area contributed by atoms with E-state index in [1.165, 1.54) is 0 Å². The first-order chi connectivity index (χ1) is 5.45. The summed E-state index contributed by atoms with van der Waals surface area (Å²) in [5, 5.41) is 2.92. The van der Waals surface area contributed by atoms with Crippen LogP contribution in [0.3, 0.4) is 0 Å². The molecule has 0 aliphatic heterocycles. The van der Waals surface area contributed by atoms with Crippen molar-refractivity contribution in [2.45, 2.75) is 47.0 Å². The van der Waals surface area contributed by atoms with Crippen molar-refractivity contribution >= 4 is 5.91 Å². The van der Waals surface area contributed by atoms with Gasteiger partial charge in [-0.25, -0.2) is 0 Å². The normalized spacial score (nSPS) is 11.3. The third-order valence-electron chi connectivity index (χ3n) is 1.57. The van der Waals surface area contributed by atoms with Gasteiger partial charge in [0.25, 0.3) is 0 Å². The lowest BCUT2D eigenvalue weighted by Gasteiger charge is -2.18. The van der Waals surface area contributed by atoms with E-state index in [-0.39, 0.29) is 11.3 Å². The zero-order valence-corrected chi connectivity index (χ0v) is 8.74. The van der Waals surface area contributed by atoms with Crippen molar-refractivity contribution in [3.8, 4) is 0 Å². The molecule has 0 aromatic rings. The Bertz CT molecular complexity index is 135. The van der Waals surface area contributed by atoms with Crippen LogP contribution in [0.15, 0.2) is 0 Å². The van der Waals surface area contributed by atoms with Gasteiger partial charge in [0.1, 0.15) is 0 Å². The van der Waals surface area contributed by atoms with Gasteiger partial charge in [0.05, 0.1) is 0 Å². The Morgan fingerprint density at radius 1 is 1.33 bits per heavy atom. The largest absolute Gasteiger partial charge is 0.356 e. The van der Waals surface area contributed by atoms with Crippen LogP contribution >= 0.6 is 0 Å². The van der Waals surface area contributed by atoms with E-state index in [2.05, 4.69) is 33.0 Å². The molecule has 0 aliphatic rings. The van der Waals surface area contributed by atoms with Crippen molar-refractivity contribution in [2.75, 3.05) is 6.54 Å². The van der Waals surface area contributed by atoms with E-state index in [0.717, 1.165) is 19.4 Å². The highest BCUT2D eigenvalue weighted by Crippen LogP contribution is 2.10. The molecule has 0 aromatic heterocycles. The van der Waals surface area contributed by atoms with E-state index < -0.39 is 0 Å². The molecular formula is C10H21NO. The summed E-state index contributed by atoms with van der Waals surface area (Å²) >= 11 is 0. The first-order valence-electron chi connectivity index (χ1n) is 4.72. The number of unbranched alkanes of at least 4 members (excludes halogenated alkanes) is 1. The van der Waals surface area contributed by atoms with Crippen molar-refractivity contribution in [1.82, 2.24) is 5.32 Å². The maximum Gasteiger partial charge on any atom is 0.220 e. The van der Waals surface area contributed by atoms with Crippen LogP contribution in [0.5, 0.6) is 0 Å². The first-order valence-corrected chi connectivity index (χ1v) is 4.72. The van der Waals surface area contributed by atoms with Crippen LogP contribution in [0.25, 0.3) is 0 Å². The molecule has 1 amide bonds. The summed E-state index contributed by atoms with van der Waals surface area (Å²) in [5.74, 6) is 0.187. The SMILES string of the molecule is CCCCC(=O)NCC(C)(C)C. The van der Waals surface area contributed by atoms with Crippen LogP contribution in [-0.2, 0) is 4.79 Å². The van der Waals surface area contributed by atoms with Crippen molar-refractivity contribution in [1.29, 1.82) is 0 Å². The average Bonchev–Trinajstić information content (AvgIpc) is 1.95. The molecule has 0 heterocycles.